The minimum absolute atomic E-state index is 0.00457. The van der Waals surface area contributed by atoms with Crippen molar-refractivity contribution in [2.45, 2.75) is 25.3 Å². The van der Waals surface area contributed by atoms with Gasteiger partial charge < -0.3 is 15.1 Å². The summed E-state index contributed by atoms with van der Waals surface area (Å²) in [4.78, 5) is 15.5. The van der Waals surface area contributed by atoms with Gasteiger partial charge in [0.15, 0.2) is 0 Å². The lowest BCUT2D eigenvalue weighted by molar-refractivity contribution is 0.200. The van der Waals surface area contributed by atoms with Crippen LogP contribution in [-0.2, 0) is 0 Å². The van der Waals surface area contributed by atoms with E-state index in [0.29, 0.717) is 35.8 Å². The highest BCUT2D eigenvalue weighted by Gasteiger charge is 2.25. The average Bonchev–Trinajstić information content (AvgIpc) is 3.03. The van der Waals surface area contributed by atoms with E-state index in [0.717, 1.165) is 19.4 Å². The monoisotopic (exact) mass is 392 g/mol. The summed E-state index contributed by atoms with van der Waals surface area (Å²) in [7, 11) is 2.05. The van der Waals surface area contributed by atoms with Crippen molar-refractivity contribution in [2.24, 2.45) is 0 Å². The van der Waals surface area contributed by atoms with Gasteiger partial charge in [0.25, 0.3) is 0 Å². The number of anilines is 1. The molecule has 1 heterocycles. The van der Waals surface area contributed by atoms with Crippen LogP contribution in [0.15, 0.2) is 36.4 Å². The van der Waals surface area contributed by atoms with Crippen LogP contribution in [0.4, 0.5) is 14.9 Å². The third-order valence-corrected chi connectivity index (χ3v) is 5.38. The van der Waals surface area contributed by atoms with Gasteiger partial charge in [0.05, 0.1) is 10.7 Å². The maximum absolute atomic E-state index is 13.5. The van der Waals surface area contributed by atoms with Crippen LogP contribution >= 0.6 is 11.6 Å². The smallest absolute Gasteiger partial charge is 0.411 e. The highest BCUT2D eigenvalue weighted by Crippen LogP contribution is 2.36. The third kappa shape index (κ3) is 4.34. The zero-order valence-electron chi connectivity index (χ0n) is 15.0. The number of phenols is 1. The summed E-state index contributed by atoms with van der Waals surface area (Å²) < 4.78 is 13.5. The van der Waals surface area contributed by atoms with Crippen molar-refractivity contribution in [3.63, 3.8) is 0 Å². The molecule has 27 heavy (non-hydrogen) atoms. The van der Waals surface area contributed by atoms with Crippen LogP contribution in [0.3, 0.4) is 0 Å². The van der Waals surface area contributed by atoms with Gasteiger partial charge in [0.2, 0.25) is 0 Å². The fourth-order valence-corrected chi connectivity index (χ4v) is 3.78. The number of amides is 1. The summed E-state index contributed by atoms with van der Waals surface area (Å²) in [6.45, 7) is 1.35. The summed E-state index contributed by atoms with van der Waals surface area (Å²) in [5, 5.41) is 19.6. The number of phenolic OH excluding ortho intramolecular Hbond substituents is 1. The lowest BCUT2D eigenvalue weighted by Gasteiger charge is -2.26. The first-order chi connectivity index (χ1) is 12.9. The van der Waals surface area contributed by atoms with Gasteiger partial charge >= 0.3 is 6.09 Å². The zero-order valence-corrected chi connectivity index (χ0v) is 15.8. The third-order valence-electron chi connectivity index (χ3n) is 5.09. The van der Waals surface area contributed by atoms with E-state index < -0.39 is 11.9 Å². The molecule has 0 aromatic heterocycles. The van der Waals surface area contributed by atoms with Crippen LogP contribution < -0.4 is 4.90 Å². The van der Waals surface area contributed by atoms with Crippen molar-refractivity contribution in [1.29, 1.82) is 0 Å². The van der Waals surface area contributed by atoms with E-state index in [9.17, 15) is 19.4 Å². The standard InChI is InChI=1S/C20H22ClFN2O3/c1-23-9-2-3-14(23)8-10-24(20(26)27)19-7-5-15(25)12-16(19)13-4-6-18(22)17(21)11-13/h4-7,11-12,14,25H,2-3,8-10H2,1H3,(H,26,27). The van der Waals surface area contributed by atoms with E-state index in [1.807, 2.05) is 0 Å². The van der Waals surface area contributed by atoms with Crippen LogP contribution in [0.2, 0.25) is 5.02 Å². The molecule has 1 amide bonds. The second-order valence-corrected chi connectivity index (χ2v) is 7.24. The lowest BCUT2D eigenvalue weighted by Crippen LogP contribution is -2.35. The average molecular weight is 393 g/mol. The maximum Gasteiger partial charge on any atom is 0.411 e. The molecule has 2 aromatic carbocycles. The summed E-state index contributed by atoms with van der Waals surface area (Å²) in [6.07, 6.45) is 1.82. The van der Waals surface area contributed by atoms with Gasteiger partial charge in [-0.15, -0.1) is 0 Å². The Morgan fingerprint density at radius 2 is 2.11 bits per heavy atom. The highest BCUT2D eigenvalue weighted by molar-refractivity contribution is 6.31. The molecule has 0 aliphatic carbocycles. The van der Waals surface area contributed by atoms with E-state index in [2.05, 4.69) is 11.9 Å². The van der Waals surface area contributed by atoms with Gasteiger partial charge in [0.1, 0.15) is 11.6 Å². The first kappa shape index (κ1) is 19.5. The molecule has 0 radical (unpaired) electrons. The van der Waals surface area contributed by atoms with Crippen LogP contribution in [0.5, 0.6) is 5.75 Å². The molecule has 3 rings (SSSR count). The van der Waals surface area contributed by atoms with Gasteiger partial charge in [-0.25, -0.2) is 9.18 Å². The van der Waals surface area contributed by atoms with Crippen LogP contribution in [0.1, 0.15) is 19.3 Å². The normalized spacial score (nSPS) is 17.2. The van der Waals surface area contributed by atoms with E-state index >= 15 is 0 Å². The van der Waals surface area contributed by atoms with Crippen LogP contribution in [-0.4, -0.2) is 47.4 Å². The van der Waals surface area contributed by atoms with Crippen LogP contribution in [0.25, 0.3) is 11.1 Å². The van der Waals surface area contributed by atoms with E-state index in [1.54, 1.807) is 6.07 Å². The van der Waals surface area contributed by atoms with Crippen molar-refractivity contribution in [3.8, 4) is 16.9 Å². The number of aromatic hydroxyl groups is 1. The fourth-order valence-electron chi connectivity index (χ4n) is 3.60. The SMILES string of the molecule is CN1CCCC1CCN(C(=O)O)c1ccc(O)cc1-c1ccc(F)c(Cl)c1. The maximum atomic E-state index is 13.5. The number of carboxylic acid groups (broad SMARTS) is 1. The molecule has 7 heteroatoms. The molecule has 1 atom stereocenters. The molecule has 1 fully saturated rings. The topological polar surface area (TPSA) is 64.0 Å². The van der Waals surface area contributed by atoms with Gasteiger partial charge in [0, 0.05) is 18.2 Å². The van der Waals surface area contributed by atoms with Gasteiger partial charge in [-0.1, -0.05) is 17.7 Å². The quantitative estimate of drug-likeness (QED) is 0.765. The van der Waals surface area contributed by atoms with Gasteiger partial charge in [-0.3, -0.25) is 4.90 Å². The van der Waals surface area contributed by atoms with E-state index in [4.69, 9.17) is 11.6 Å². The molecule has 2 aromatic rings. The number of halogens is 2. The Morgan fingerprint density at radius 1 is 1.33 bits per heavy atom. The molecule has 5 nitrogen and oxygen atoms in total. The molecular weight excluding hydrogens is 371 g/mol. The molecule has 144 valence electrons. The molecule has 1 aliphatic heterocycles. The zero-order chi connectivity index (χ0) is 19.6. The van der Waals surface area contributed by atoms with E-state index in [-0.39, 0.29) is 10.8 Å². The second-order valence-electron chi connectivity index (χ2n) is 6.83. The van der Waals surface area contributed by atoms with Crippen molar-refractivity contribution in [1.82, 2.24) is 4.90 Å². The molecule has 1 saturated heterocycles. The summed E-state index contributed by atoms with van der Waals surface area (Å²) in [5.41, 5.74) is 1.46. The number of nitrogens with zero attached hydrogens (tertiary/aromatic N) is 2. The largest absolute Gasteiger partial charge is 0.508 e. The van der Waals surface area contributed by atoms with Crippen LogP contribution in [0, 0.1) is 5.82 Å². The fraction of sp³-hybridized carbons (Fsp3) is 0.350. The number of benzene rings is 2. The predicted molar refractivity (Wildman–Crippen MR) is 104 cm³/mol. The number of carbonyl (C=O) groups is 1. The summed E-state index contributed by atoms with van der Waals surface area (Å²) in [6, 6.07) is 9.01. The van der Waals surface area contributed by atoms with E-state index in [1.165, 1.54) is 35.2 Å². The minimum atomic E-state index is -1.07. The first-order valence-electron chi connectivity index (χ1n) is 8.86. The molecular formula is C20H22ClFN2O3. The molecule has 0 saturated carbocycles. The number of hydrogen-bond donors (Lipinski definition) is 2. The number of rotatable bonds is 5. The Labute approximate surface area is 162 Å². The Bertz CT molecular complexity index is 846. The van der Waals surface area contributed by atoms with Crippen molar-refractivity contribution in [3.05, 3.63) is 47.2 Å². The highest BCUT2D eigenvalue weighted by atomic mass is 35.5. The molecule has 1 aliphatic rings. The number of hydrogen-bond acceptors (Lipinski definition) is 3. The first-order valence-corrected chi connectivity index (χ1v) is 9.23. The Morgan fingerprint density at radius 3 is 2.74 bits per heavy atom. The van der Waals surface area contributed by atoms with Crippen molar-refractivity contribution < 1.29 is 19.4 Å². The van der Waals surface area contributed by atoms with Gasteiger partial charge in [-0.05, 0) is 68.8 Å². The lowest BCUT2D eigenvalue weighted by atomic mass is 10.0. The van der Waals surface area contributed by atoms with Crippen molar-refractivity contribution >= 4 is 23.4 Å². The molecule has 1 unspecified atom stereocenters. The predicted octanol–water partition coefficient (Wildman–Crippen LogP) is 4.82. The minimum Gasteiger partial charge on any atom is -0.508 e. The molecule has 0 spiro atoms. The number of likely N-dealkylation sites (tertiary alicyclic amines) is 1. The van der Waals surface area contributed by atoms with Gasteiger partial charge in [-0.2, -0.15) is 0 Å². The van der Waals surface area contributed by atoms with Crippen molar-refractivity contribution in [2.75, 3.05) is 25.0 Å². The Hall–Kier alpha value is -2.31. The Balaban J connectivity index is 1.94. The summed E-state index contributed by atoms with van der Waals surface area (Å²) >= 11 is 5.89. The summed E-state index contributed by atoms with van der Waals surface area (Å²) in [5.74, 6) is -0.559. The molecule has 0 bridgehead atoms. The molecule has 2 N–H and O–H groups in total. The Kier molecular flexibility index (Phi) is 5.87. The second kappa shape index (κ2) is 8.15.